The molecule has 0 saturated heterocycles. The number of aromatic nitrogens is 2. The number of anilines is 4. The van der Waals surface area contributed by atoms with Gasteiger partial charge >= 0.3 is 6.03 Å². The van der Waals surface area contributed by atoms with Crippen LogP contribution in [0.15, 0.2) is 48.7 Å². The van der Waals surface area contributed by atoms with Crippen molar-refractivity contribution in [2.45, 2.75) is 20.1 Å². The summed E-state index contributed by atoms with van der Waals surface area (Å²) < 4.78 is 12.9. The van der Waals surface area contributed by atoms with Gasteiger partial charge in [0, 0.05) is 30.1 Å². The number of nitrogens with zero attached hydrogens (tertiary/aromatic N) is 4. The van der Waals surface area contributed by atoms with E-state index >= 15 is 0 Å². The third kappa shape index (κ3) is 3.89. The summed E-state index contributed by atoms with van der Waals surface area (Å²) in [7, 11) is 1.62. The largest absolute Gasteiger partial charge is 0.368 e. The van der Waals surface area contributed by atoms with Crippen LogP contribution in [0.1, 0.15) is 27.0 Å². The summed E-state index contributed by atoms with van der Waals surface area (Å²) in [5.41, 5.74) is 9.23. The van der Waals surface area contributed by atoms with Gasteiger partial charge < -0.3 is 11.1 Å². The molecule has 1 aliphatic heterocycles. The van der Waals surface area contributed by atoms with Crippen molar-refractivity contribution in [3.05, 3.63) is 70.9 Å². The lowest BCUT2D eigenvalue weighted by molar-refractivity contribution is 0.102. The van der Waals surface area contributed by atoms with Crippen LogP contribution in [0.5, 0.6) is 0 Å². The van der Waals surface area contributed by atoms with E-state index in [9.17, 15) is 14.0 Å². The fraction of sp³-hybridized carbons (Fsp3) is 0.182. The van der Waals surface area contributed by atoms with Crippen LogP contribution in [-0.4, -0.2) is 29.0 Å². The van der Waals surface area contributed by atoms with Crippen LogP contribution in [0.4, 0.5) is 32.3 Å². The van der Waals surface area contributed by atoms with Crippen LogP contribution in [-0.2, 0) is 13.2 Å². The molecule has 0 atom stereocenters. The van der Waals surface area contributed by atoms with Gasteiger partial charge in [-0.25, -0.2) is 14.2 Å². The van der Waals surface area contributed by atoms with Gasteiger partial charge in [-0.1, -0.05) is 18.2 Å². The van der Waals surface area contributed by atoms with Crippen LogP contribution in [0.2, 0.25) is 0 Å². The molecule has 3 aromatic rings. The second-order valence-electron chi connectivity index (χ2n) is 7.29. The molecule has 0 fully saturated rings. The molecule has 0 aliphatic carbocycles. The van der Waals surface area contributed by atoms with Gasteiger partial charge in [-0.05, 0) is 42.3 Å². The van der Waals surface area contributed by atoms with Crippen molar-refractivity contribution in [2.75, 3.05) is 27.9 Å². The van der Waals surface area contributed by atoms with Crippen LogP contribution in [0.3, 0.4) is 0 Å². The second kappa shape index (κ2) is 8.02. The van der Waals surface area contributed by atoms with Crippen molar-refractivity contribution in [3.8, 4) is 0 Å². The number of hydrogen-bond donors (Lipinski definition) is 2. The lowest BCUT2D eigenvalue weighted by atomic mass is 10.1. The molecule has 0 radical (unpaired) electrons. The van der Waals surface area contributed by atoms with Gasteiger partial charge in [-0.15, -0.1) is 0 Å². The predicted molar refractivity (Wildman–Crippen MR) is 117 cm³/mol. The van der Waals surface area contributed by atoms with Crippen molar-refractivity contribution in [3.63, 3.8) is 0 Å². The minimum absolute atomic E-state index is 0.101. The first-order chi connectivity index (χ1) is 14.9. The number of carbonyl (C=O) groups excluding carboxylic acids is 2. The summed E-state index contributed by atoms with van der Waals surface area (Å²) in [5, 5.41) is 2.81. The lowest BCUT2D eigenvalue weighted by Gasteiger charge is -2.34. The molecular weight excluding hydrogens is 399 g/mol. The number of nitrogens with one attached hydrogen (secondary N) is 1. The van der Waals surface area contributed by atoms with Crippen LogP contribution < -0.4 is 20.9 Å². The molecule has 1 aliphatic rings. The molecule has 8 nitrogen and oxygen atoms in total. The van der Waals surface area contributed by atoms with Gasteiger partial charge in [0.1, 0.15) is 12.5 Å². The molecule has 3 amide bonds. The molecule has 2 aromatic carbocycles. The van der Waals surface area contributed by atoms with E-state index in [1.807, 2.05) is 13.0 Å². The van der Waals surface area contributed by atoms with Crippen LogP contribution in [0, 0.1) is 6.92 Å². The molecule has 0 spiro atoms. The second-order valence-corrected chi connectivity index (χ2v) is 7.29. The maximum atomic E-state index is 13.0. The molecule has 0 unspecified atom stereocenters. The molecule has 0 bridgehead atoms. The summed E-state index contributed by atoms with van der Waals surface area (Å²) in [6, 6.07) is 11.4. The van der Waals surface area contributed by atoms with Crippen molar-refractivity contribution >= 4 is 35.1 Å². The number of urea groups is 1. The van der Waals surface area contributed by atoms with Gasteiger partial charge in [0.15, 0.2) is 0 Å². The molecule has 9 heteroatoms. The quantitative estimate of drug-likeness (QED) is 0.670. The zero-order chi connectivity index (χ0) is 22.1. The lowest BCUT2D eigenvalue weighted by Crippen LogP contribution is -2.46. The Kier molecular flexibility index (Phi) is 5.24. The van der Waals surface area contributed by atoms with Crippen molar-refractivity contribution < 1.29 is 14.0 Å². The highest BCUT2D eigenvalue weighted by atomic mass is 19.1. The number of alkyl halides is 1. The SMILES string of the molecule is Cc1ccc(NC(=O)c2cccc(CF)c2)cc1N1Cc2cnc(N)nc2N(C)C1=O. The highest BCUT2D eigenvalue weighted by Gasteiger charge is 2.31. The Hall–Kier alpha value is -4.01. The Morgan fingerprint density at radius 3 is 2.84 bits per heavy atom. The van der Waals surface area contributed by atoms with Gasteiger partial charge in [0.2, 0.25) is 5.95 Å². The Balaban J connectivity index is 1.63. The normalized spacial score (nSPS) is 13.2. The molecule has 31 heavy (non-hydrogen) atoms. The molecular formula is C22H21FN6O2. The molecule has 2 heterocycles. The summed E-state index contributed by atoms with van der Waals surface area (Å²) in [6.07, 6.45) is 1.60. The van der Waals surface area contributed by atoms with Crippen molar-refractivity contribution in [1.29, 1.82) is 0 Å². The molecule has 4 rings (SSSR count). The van der Waals surface area contributed by atoms with Crippen LogP contribution in [0.25, 0.3) is 0 Å². The maximum Gasteiger partial charge on any atom is 0.330 e. The first-order valence-corrected chi connectivity index (χ1v) is 9.61. The van der Waals surface area contributed by atoms with Gasteiger partial charge in [0.25, 0.3) is 5.91 Å². The summed E-state index contributed by atoms with van der Waals surface area (Å²) >= 11 is 0. The number of halogens is 1. The molecule has 1 aromatic heterocycles. The van der Waals surface area contributed by atoms with E-state index in [0.717, 1.165) is 11.1 Å². The Morgan fingerprint density at radius 1 is 1.26 bits per heavy atom. The smallest absolute Gasteiger partial charge is 0.330 e. The summed E-state index contributed by atoms with van der Waals surface area (Å²) in [4.78, 5) is 36.8. The number of nitrogens with two attached hydrogens (primary N) is 1. The number of aryl methyl sites for hydroxylation is 1. The van der Waals surface area contributed by atoms with Crippen molar-refractivity contribution in [1.82, 2.24) is 9.97 Å². The first-order valence-electron chi connectivity index (χ1n) is 9.61. The van der Waals surface area contributed by atoms with Crippen molar-refractivity contribution in [2.24, 2.45) is 0 Å². The number of fused-ring (bicyclic) bond motifs is 1. The predicted octanol–water partition coefficient (Wildman–Crippen LogP) is 3.67. The average Bonchev–Trinajstić information content (AvgIpc) is 2.78. The van der Waals surface area contributed by atoms with E-state index in [0.29, 0.717) is 28.3 Å². The van der Waals surface area contributed by atoms with Gasteiger partial charge in [-0.2, -0.15) is 4.98 Å². The monoisotopic (exact) mass is 420 g/mol. The van der Waals surface area contributed by atoms with E-state index in [1.54, 1.807) is 48.5 Å². The third-order valence-electron chi connectivity index (χ3n) is 5.13. The molecule has 158 valence electrons. The number of amides is 3. The fourth-order valence-corrected chi connectivity index (χ4v) is 3.49. The molecule has 0 saturated carbocycles. The number of hydrogen-bond acceptors (Lipinski definition) is 5. The Morgan fingerprint density at radius 2 is 2.06 bits per heavy atom. The van der Waals surface area contributed by atoms with E-state index in [2.05, 4.69) is 15.3 Å². The minimum atomic E-state index is -0.642. The standard InChI is InChI=1S/C22H21FN6O2/c1-13-6-7-17(26-20(30)15-5-3-4-14(8-15)10-23)9-18(13)29-12-16-11-25-21(24)27-19(16)28(2)22(29)31/h3-9,11H,10,12H2,1-2H3,(H,26,30)(H2,24,25,27). The minimum Gasteiger partial charge on any atom is -0.368 e. The zero-order valence-corrected chi connectivity index (χ0v) is 17.1. The summed E-state index contributed by atoms with van der Waals surface area (Å²) in [5.74, 6) is 0.217. The highest BCUT2D eigenvalue weighted by molar-refractivity contribution is 6.07. The Bertz CT molecular complexity index is 1180. The van der Waals surface area contributed by atoms with E-state index in [1.165, 1.54) is 11.0 Å². The van der Waals surface area contributed by atoms with E-state index in [4.69, 9.17) is 5.73 Å². The topological polar surface area (TPSA) is 104 Å². The van der Waals surface area contributed by atoms with Gasteiger partial charge in [-0.3, -0.25) is 14.6 Å². The number of carbonyl (C=O) groups is 2. The first kappa shape index (κ1) is 20.3. The third-order valence-corrected chi connectivity index (χ3v) is 5.13. The molecule has 3 N–H and O–H groups in total. The highest BCUT2D eigenvalue weighted by Crippen LogP contribution is 2.32. The maximum absolute atomic E-state index is 13.0. The number of rotatable bonds is 4. The zero-order valence-electron chi connectivity index (χ0n) is 17.1. The average molecular weight is 420 g/mol. The van der Waals surface area contributed by atoms with E-state index < -0.39 is 6.67 Å². The summed E-state index contributed by atoms with van der Waals surface area (Å²) in [6.45, 7) is 1.51. The number of benzene rings is 2. The van der Waals surface area contributed by atoms with Crippen LogP contribution >= 0.6 is 0 Å². The van der Waals surface area contributed by atoms with E-state index in [-0.39, 0.29) is 24.4 Å². The Labute approximate surface area is 178 Å². The van der Waals surface area contributed by atoms with Gasteiger partial charge in [0.05, 0.1) is 12.2 Å². The fourth-order valence-electron chi connectivity index (χ4n) is 3.49. The number of nitrogen functional groups attached to an aromatic ring is 1.